The molecule has 0 bridgehead atoms. The first-order chi connectivity index (χ1) is 14.1. The molecule has 3 amide bonds. The second-order valence-corrected chi connectivity index (χ2v) is 6.03. The van der Waals surface area contributed by atoms with E-state index < -0.39 is 24.4 Å². The van der Waals surface area contributed by atoms with Gasteiger partial charge in [-0.2, -0.15) is 0 Å². The summed E-state index contributed by atoms with van der Waals surface area (Å²) in [6.07, 6.45) is 0.137. The van der Waals surface area contributed by atoms with Gasteiger partial charge in [-0.1, -0.05) is 17.2 Å². The van der Waals surface area contributed by atoms with Crippen LogP contribution in [0.3, 0.4) is 0 Å². The number of nitrogens with zero attached hydrogens (tertiary/aromatic N) is 3. The molecule has 0 radical (unpaired) electrons. The zero-order chi connectivity index (χ0) is 23.5. The van der Waals surface area contributed by atoms with Crippen LogP contribution >= 0.6 is 0 Å². The largest absolute Gasteiger partial charge is 0.386 e. The summed E-state index contributed by atoms with van der Waals surface area (Å²) >= 11 is 0. The molecule has 30 heavy (non-hydrogen) atoms. The number of hydroxylamine groups is 2. The van der Waals surface area contributed by atoms with E-state index in [4.69, 9.17) is 5.73 Å². The highest BCUT2D eigenvalue weighted by atomic mass is 16.7. The van der Waals surface area contributed by atoms with Gasteiger partial charge in [-0.05, 0) is 41.2 Å². The third-order valence-corrected chi connectivity index (χ3v) is 2.45. The van der Waals surface area contributed by atoms with Gasteiger partial charge in [0.05, 0.1) is 11.4 Å². The molecule has 1 aliphatic rings. The van der Waals surface area contributed by atoms with Crippen molar-refractivity contribution in [3.63, 3.8) is 0 Å². The van der Waals surface area contributed by atoms with Crippen molar-refractivity contribution < 1.29 is 33.7 Å². The predicted molar refractivity (Wildman–Crippen MR) is 110 cm³/mol. The van der Waals surface area contributed by atoms with Gasteiger partial charge in [0.25, 0.3) is 17.7 Å². The van der Waals surface area contributed by atoms with Crippen LogP contribution < -0.4 is 11.1 Å². The Bertz CT molecular complexity index is 596. The van der Waals surface area contributed by atoms with E-state index in [1.54, 1.807) is 27.7 Å². The third kappa shape index (κ3) is 17.1. The maximum Gasteiger partial charge on any atom is 0.373 e. The first-order valence-corrected chi connectivity index (χ1v) is 9.38. The number of hydrogen-bond donors (Lipinski definition) is 2. The van der Waals surface area contributed by atoms with Gasteiger partial charge < -0.3 is 25.6 Å². The van der Waals surface area contributed by atoms with Crippen molar-refractivity contribution in [2.75, 3.05) is 26.3 Å². The first-order valence-electron chi connectivity index (χ1n) is 9.38. The molecular weight excluding hydrogens is 398 g/mol. The average molecular weight is 431 g/mol. The van der Waals surface area contributed by atoms with Gasteiger partial charge in [0.15, 0.2) is 6.61 Å². The van der Waals surface area contributed by atoms with Crippen LogP contribution in [-0.4, -0.2) is 66.5 Å². The van der Waals surface area contributed by atoms with E-state index in [2.05, 4.69) is 30.1 Å². The van der Waals surface area contributed by atoms with Crippen molar-refractivity contribution in [2.24, 2.45) is 16.0 Å². The zero-order valence-corrected chi connectivity index (χ0v) is 18.5. The highest BCUT2D eigenvalue weighted by Gasteiger charge is 2.32. The van der Waals surface area contributed by atoms with Crippen LogP contribution in [0.5, 0.6) is 0 Å². The van der Waals surface area contributed by atoms with Crippen LogP contribution in [0.1, 0.15) is 54.4 Å². The number of likely N-dealkylation sites (N-methyl/N-ethyl adjacent to an activating group) is 1. The summed E-state index contributed by atoms with van der Waals surface area (Å²) in [5, 5.41) is 10.2. The van der Waals surface area contributed by atoms with Gasteiger partial charge in [0.2, 0.25) is 6.61 Å². The van der Waals surface area contributed by atoms with E-state index in [9.17, 15) is 19.2 Å². The Balaban J connectivity index is 0. The van der Waals surface area contributed by atoms with Gasteiger partial charge in [0.1, 0.15) is 0 Å². The lowest BCUT2D eigenvalue weighted by Crippen LogP contribution is -2.33. The molecule has 0 saturated carbocycles. The summed E-state index contributed by atoms with van der Waals surface area (Å²) in [5.74, 6) is -2.02. The summed E-state index contributed by atoms with van der Waals surface area (Å²) < 4.78 is 0. The van der Waals surface area contributed by atoms with Crippen LogP contribution in [0.4, 0.5) is 0 Å². The topological polar surface area (TPSA) is 162 Å². The Kier molecular flexibility index (Phi) is 17.5. The summed E-state index contributed by atoms with van der Waals surface area (Å²) in [7, 11) is 0. The number of nitrogens with two attached hydrogens (primary N) is 1. The van der Waals surface area contributed by atoms with E-state index in [1.165, 1.54) is 0 Å². The van der Waals surface area contributed by atoms with Crippen molar-refractivity contribution in [3.05, 3.63) is 0 Å². The molecule has 3 N–H and O–H groups in total. The molecular formula is C18H33N5O7. The first kappa shape index (κ1) is 29.2. The molecule has 12 nitrogen and oxygen atoms in total. The lowest BCUT2D eigenvalue weighted by atomic mass is 10.4. The Labute approximate surface area is 176 Å². The van der Waals surface area contributed by atoms with Crippen LogP contribution in [0.15, 0.2) is 10.3 Å². The number of imide groups is 1. The zero-order valence-electron chi connectivity index (χ0n) is 18.5. The summed E-state index contributed by atoms with van der Waals surface area (Å²) in [4.78, 5) is 57.8. The molecule has 1 fully saturated rings. The molecule has 0 aromatic heterocycles. The molecule has 1 rings (SSSR count). The fourth-order valence-electron chi connectivity index (χ4n) is 1.47. The molecule has 1 heterocycles. The van der Waals surface area contributed by atoms with E-state index in [-0.39, 0.29) is 25.4 Å². The number of hydrogen-bond acceptors (Lipinski definition) is 10. The summed E-state index contributed by atoms with van der Waals surface area (Å²) in [5.41, 5.74) is 6.29. The molecule has 0 atom stereocenters. The molecule has 0 aromatic rings. The maximum atomic E-state index is 11.1. The van der Waals surface area contributed by atoms with Crippen LogP contribution in [0, 0.1) is 0 Å². The highest BCUT2D eigenvalue weighted by Crippen LogP contribution is 2.11. The monoisotopic (exact) mass is 431 g/mol. The third-order valence-electron chi connectivity index (χ3n) is 2.45. The van der Waals surface area contributed by atoms with Crippen LogP contribution in [-0.2, 0) is 33.7 Å². The molecule has 1 aliphatic heterocycles. The summed E-state index contributed by atoms with van der Waals surface area (Å²) in [6, 6.07) is 0. The van der Waals surface area contributed by atoms with Crippen molar-refractivity contribution in [2.45, 2.75) is 54.4 Å². The fraction of sp³-hybridized carbons (Fsp3) is 0.667. The number of nitrogens with one attached hydrogen (secondary N) is 1. The van der Waals surface area contributed by atoms with Crippen molar-refractivity contribution in [1.29, 1.82) is 0 Å². The molecule has 1 saturated heterocycles. The Hall–Kier alpha value is -3.02. The smallest absolute Gasteiger partial charge is 0.373 e. The molecule has 0 aromatic carbocycles. The highest BCUT2D eigenvalue weighted by molar-refractivity contribution is 6.01. The Morgan fingerprint density at radius 1 is 0.967 bits per heavy atom. The SMILES string of the molecule is CC(C)=NOCC(=O)ON1C(=O)CCC1=O.CCN.CCNC(=O)CON=C(C)C. The van der Waals surface area contributed by atoms with E-state index >= 15 is 0 Å². The number of carbonyl (C=O) groups excluding carboxylic acids is 4. The predicted octanol–water partition coefficient (Wildman–Crippen LogP) is 0.506. The quantitative estimate of drug-likeness (QED) is 0.319. The van der Waals surface area contributed by atoms with Crippen molar-refractivity contribution in [3.8, 4) is 0 Å². The van der Waals surface area contributed by atoms with E-state index in [0.29, 0.717) is 17.3 Å². The van der Waals surface area contributed by atoms with Gasteiger partial charge in [-0.3, -0.25) is 14.4 Å². The Morgan fingerprint density at radius 2 is 1.40 bits per heavy atom. The average Bonchev–Trinajstić information content (AvgIpc) is 2.94. The van der Waals surface area contributed by atoms with Crippen molar-refractivity contribution >= 4 is 35.1 Å². The molecule has 0 unspecified atom stereocenters. The normalized spacial score (nSPS) is 11.8. The molecule has 0 spiro atoms. The number of rotatable bonds is 8. The molecule has 0 aliphatic carbocycles. The molecule has 172 valence electrons. The second-order valence-electron chi connectivity index (χ2n) is 6.03. The minimum atomic E-state index is -0.839. The van der Waals surface area contributed by atoms with Gasteiger partial charge in [-0.25, -0.2) is 4.79 Å². The van der Waals surface area contributed by atoms with E-state index in [0.717, 1.165) is 12.3 Å². The number of carbonyl (C=O) groups is 4. The lowest BCUT2D eigenvalue weighted by Gasteiger charge is -2.11. The molecule has 12 heteroatoms. The maximum absolute atomic E-state index is 11.1. The number of amides is 3. The lowest BCUT2D eigenvalue weighted by molar-refractivity contribution is -0.200. The van der Waals surface area contributed by atoms with Crippen LogP contribution in [0.25, 0.3) is 0 Å². The standard InChI is InChI=1S/C9H12N2O5.C7H14N2O2.C2H7N/c1-6(2)10-15-5-9(14)16-11-7(12)3-4-8(11)13;1-4-8-7(10)5-11-9-6(2)3;1-2-3/h3-5H2,1-2H3;4-5H2,1-3H3,(H,8,10);2-3H2,1H3. The minimum Gasteiger partial charge on any atom is -0.386 e. The van der Waals surface area contributed by atoms with Crippen molar-refractivity contribution in [1.82, 2.24) is 10.4 Å². The Morgan fingerprint density at radius 3 is 1.80 bits per heavy atom. The van der Waals surface area contributed by atoms with Gasteiger partial charge in [-0.15, -0.1) is 5.06 Å². The fourth-order valence-corrected chi connectivity index (χ4v) is 1.47. The summed E-state index contributed by atoms with van der Waals surface area (Å²) in [6.45, 7) is 11.7. The number of oxime groups is 2. The minimum absolute atomic E-state index is 0.000972. The van der Waals surface area contributed by atoms with Gasteiger partial charge in [0, 0.05) is 19.4 Å². The van der Waals surface area contributed by atoms with Crippen LogP contribution in [0.2, 0.25) is 0 Å². The van der Waals surface area contributed by atoms with E-state index in [1.807, 2.05) is 13.8 Å². The van der Waals surface area contributed by atoms with Gasteiger partial charge >= 0.3 is 5.97 Å². The second kappa shape index (κ2) is 18.0.